The molecule has 0 spiro atoms. The van der Waals surface area contributed by atoms with E-state index in [1.54, 1.807) is 10.8 Å². The second kappa shape index (κ2) is 12.9. The van der Waals surface area contributed by atoms with E-state index < -0.39 is 30.4 Å². The topological polar surface area (TPSA) is 124 Å². The van der Waals surface area contributed by atoms with Crippen molar-refractivity contribution in [3.05, 3.63) is 98.5 Å². The van der Waals surface area contributed by atoms with Crippen LogP contribution in [0.25, 0.3) is 28.2 Å². The molecule has 1 aliphatic rings. The fourth-order valence-corrected chi connectivity index (χ4v) is 6.25. The number of fused-ring (bicyclic) bond motifs is 1. The monoisotopic (exact) mass is 635 g/mol. The molecule has 2 aromatic carbocycles. The molecule has 6 rings (SSSR count). The van der Waals surface area contributed by atoms with Crippen LogP contribution in [0.15, 0.2) is 74.9 Å². The second-order valence-corrected chi connectivity index (χ2v) is 11.5. The molecule has 13 heteroatoms. The number of hydrogen-bond donors (Lipinski definition) is 1. The lowest BCUT2D eigenvalue weighted by molar-refractivity contribution is -0.177. The number of alkyl halides is 3. The van der Waals surface area contributed by atoms with Gasteiger partial charge in [-0.15, -0.1) is 0 Å². The van der Waals surface area contributed by atoms with Gasteiger partial charge in [0, 0.05) is 29.7 Å². The highest BCUT2D eigenvalue weighted by Crippen LogP contribution is 2.33. The Bertz CT molecular complexity index is 1960. The van der Waals surface area contributed by atoms with Crippen molar-refractivity contribution in [2.45, 2.75) is 70.2 Å². The van der Waals surface area contributed by atoms with E-state index in [0.29, 0.717) is 61.1 Å². The summed E-state index contributed by atoms with van der Waals surface area (Å²) in [4.78, 5) is 39.7. The van der Waals surface area contributed by atoms with Crippen LogP contribution in [0.5, 0.6) is 0 Å². The Morgan fingerprint density at radius 3 is 2.39 bits per heavy atom. The first kappa shape index (κ1) is 31.2. The number of ketones is 1. The summed E-state index contributed by atoms with van der Waals surface area (Å²) in [6.45, 7) is 1.05. The van der Waals surface area contributed by atoms with Gasteiger partial charge in [-0.3, -0.25) is 23.7 Å². The number of aromatic nitrogens is 5. The third kappa shape index (κ3) is 6.32. The molecule has 1 fully saturated rings. The summed E-state index contributed by atoms with van der Waals surface area (Å²) in [6.07, 6.45) is 0.0000120. The number of halogens is 3. The molecule has 46 heavy (non-hydrogen) atoms. The lowest BCUT2D eigenvalue weighted by atomic mass is 9.92. The predicted molar refractivity (Wildman–Crippen MR) is 163 cm³/mol. The average Bonchev–Trinajstić information content (AvgIpc) is 3.71. The molecule has 3 aromatic heterocycles. The summed E-state index contributed by atoms with van der Waals surface area (Å²) in [6, 6.07) is 17.0. The van der Waals surface area contributed by atoms with Crippen LogP contribution in [0.1, 0.15) is 61.9 Å². The highest BCUT2D eigenvalue weighted by molar-refractivity contribution is 5.85. The van der Waals surface area contributed by atoms with Crippen LogP contribution in [-0.4, -0.2) is 49.0 Å². The number of aromatic amines is 1. The number of rotatable bonds is 10. The molecule has 1 saturated carbocycles. The summed E-state index contributed by atoms with van der Waals surface area (Å²) in [5.74, 6) is -2.20. The fraction of sp³-hybridized carbons (Fsp3) is 0.364. The molecule has 0 bridgehead atoms. The highest BCUT2D eigenvalue weighted by atomic mass is 19.4. The van der Waals surface area contributed by atoms with Crippen molar-refractivity contribution in [1.82, 2.24) is 24.3 Å². The molecule has 3 heterocycles. The molecule has 0 amide bonds. The molecular weight excluding hydrogens is 603 g/mol. The van der Waals surface area contributed by atoms with Gasteiger partial charge in [0.05, 0.1) is 18.0 Å². The van der Waals surface area contributed by atoms with Gasteiger partial charge in [-0.2, -0.15) is 18.3 Å². The van der Waals surface area contributed by atoms with E-state index in [1.165, 1.54) is 0 Å². The number of hydrogen-bond acceptors (Lipinski definition) is 7. The number of carbonyl (C=O) groups excluding carboxylic acids is 1. The molecule has 0 saturated heterocycles. The molecule has 240 valence electrons. The normalized spacial score (nSPS) is 17.0. The second-order valence-electron chi connectivity index (χ2n) is 11.5. The van der Waals surface area contributed by atoms with Gasteiger partial charge in [0.25, 0.3) is 11.3 Å². The van der Waals surface area contributed by atoms with Gasteiger partial charge in [0.1, 0.15) is 12.3 Å². The van der Waals surface area contributed by atoms with Gasteiger partial charge in [-0.05, 0) is 48.8 Å². The van der Waals surface area contributed by atoms with Crippen LogP contribution in [0.3, 0.4) is 0 Å². The van der Waals surface area contributed by atoms with Crippen LogP contribution < -0.4 is 11.3 Å². The summed E-state index contributed by atoms with van der Waals surface area (Å²) < 4.78 is 51.4. The van der Waals surface area contributed by atoms with E-state index >= 15 is 0 Å². The lowest BCUT2D eigenvalue weighted by Gasteiger charge is -2.31. The minimum absolute atomic E-state index is 0.113. The van der Waals surface area contributed by atoms with E-state index in [-0.39, 0.29) is 11.6 Å². The van der Waals surface area contributed by atoms with Crippen LogP contribution in [0.4, 0.5) is 13.2 Å². The Balaban J connectivity index is 1.27. The largest absolute Gasteiger partial charge is 0.452 e. The van der Waals surface area contributed by atoms with E-state index in [1.807, 2.05) is 66.0 Å². The van der Waals surface area contributed by atoms with Crippen LogP contribution in [0, 0.1) is 0 Å². The minimum atomic E-state index is -4.92. The first-order valence-corrected chi connectivity index (χ1v) is 15.2. The standard InChI is InChI=1S/C33H32F3N5O5/c1-2-5-27-26(18-20-8-10-21(11-9-20)24-6-3-4-7-25(24)30-38-32(44)46-39-30)31(43)40(29-16-17-37-41(27)29)22-12-14-23(15-13-22)45-19-28(42)33(34,35)36/h3-4,6-11,16-17,22-23H,2,5,12-15,18-19H2,1H3,(H,38,39,44). The first-order chi connectivity index (χ1) is 22.1. The van der Waals surface area contributed by atoms with Crippen LogP contribution >= 0.6 is 0 Å². The third-order valence-electron chi connectivity index (χ3n) is 8.48. The fourth-order valence-electron chi connectivity index (χ4n) is 6.25. The molecule has 10 nitrogen and oxygen atoms in total. The van der Waals surface area contributed by atoms with Crippen molar-refractivity contribution in [1.29, 1.82) is 0 Å². The number of Topliss-reactive ketones (excluding diaryl/α,β-unsaturated/α-hetero) is 1. The first-order valence-electron chi connectivity index (χ1n) is 15.2. The molecule has 0 aliphatic heterocycles. The van der Waals surface area contributed by atoms with Gasteiger partial charge in [-0.1, -0.05) is 67.0 Å². The van der Waals surface area contributed by atoms with Crippen molar-refractivity contribution >= 4 is 11.4 Å². The SMILES string of the molecule is CCCc1c(Cc2ccc(-c3ccccc3-c3noc(=O)[nH]3)cc2)c(=O)n(C2CCC(OCC(=O)C(F)(F)F)CC2)c2ccnn12. The van der Waals surface area contributed by atoms with E-state index in [0.717, 1.165) is 28.8 Å². The van der Waals surface area contributed by atoms with Gasteiger partial charge >= 0.3 is 11.9 Å². The van der Waals surface area contributed by atoms with Crippen molar-refractivity contribution in [2.24, 2.45) is 0 Å². The summed E-state index contributed by atoms with van der Waals surface area (Å²) in [7, 11) is 0. The lowest BCUT2D eigenvalue weighted by Crippen LogP contribution is -2.35. The molecule has 5 aromatic rings. The maximum atomic E-state index is 14.3. The van der Waals surface area contributed by atoms with Crippen molar-refractivity contribution in [3.63, 3.8) is 0 Å². The number of nitrogens with one attached hydrogen (secondary N) is 1. The van der Waals surface area contributed by atoms with E-state index in [4.69, 9.17) is 9.26 Å². The zero-order valence-electron chi connectivity index (χ0n) is 25.0. The number of benzene rings is 2. The molecule has 0 unspecified atom stereocenters. The average molecular weight is 636 g/mol. The zero-order valence-corrected chi connectivity index (χ0v) is 25.0. The summed E-state index contributed by atoms with van der Waals surface area (Å²) >= 11 is 0. The smallest absolute Gasteiger partial charge is 0.370 e. The third-order valence-corrected chi connectivity index (χ3v) is 8.48. The Labute approximate surface area is 260 Å². The maximum absolute atomic E-state index is 14.3. The minimum Gasteiger partial charge on any atom is -0.370 e. The quantitative estimate of drug-likeness (QED) is 0.209. The van der Waals surface area contributed by atoms with Crippen molar-refractivity contribution in [2.75, 3.05) is 6.61 Å². The van der Waals surface area contributed by atoms with E-state index in [2.05, 4.69) is 15.2 Å². The van der Waals surface area contributed by atoms with Crippen LogP contribution in [0.2, 0.25) is 0 Å². The summed E-state index contributed by atoms with van der Waals surface area (Å²) in [5, 5.41) is 8.40. The maximum Gasteiger partial charge on any atom is 0.452 e. The Hall–Kier alpha value is -4.78. The molecule has 1 N–H and O–H groups in total. The van der Waals surface area contributed by atoms with Crippen molar-refractivity contribution < 1.29 is 27.2 Å². The van der Waals surface area contributed by atoms with E-state index in [9.17, 15) is 27.6 Å². The van der Waals surface area contributed by atoms with Gasteiger partial charge in [0.2, 0.25) is 0 Å². The van der Waals surface area contributed by atoms with Gasteiger partial charge < -0.3 is 4.74 Å². The zero-order chi connectivity index (χ0) is 32.4. The highest BCUT2D eigenvalue weighted by Gasteiger charge is 2.39. The van der Waals surface area contributed by atoms with Gasteiger partial charge in [-0.25, -0.2) is 9.31 Å². The number of aryl methyl sites for hydroxylation is 1. The number of ether oxygens (including phenoxy) is 1. The molecule has 0 atom stereocenters. The van der Waals surface area contributed by atoms with Gasteiger partial charge in [0.15, 0.2) is 5.82 Å². The Morgan fingerprint density at radius 2 is 1.74 bits per heavy atom. The van der Waals surface area contributed by atoms with Crippen LogP contribution in [-0.2, 0) is 22.4 Å². The Kier molecular flexibility index (Phi) is 8.76. The Morgan fingerprint density at radius 1 is 1.02 bits per heavy atom. The number of carbonyl (C=O) groups is 1. The number of H-pyrrole nitrogens is 1. The molecule has 1 aliphatic carbocycles. The number of nitrogens with zero attached hydrogens (tertiary/aromatic N) is 4. The summed E-state index contributed by atoms with van der Waals surface area (Å²) in [5.41, 5.74) is 5.43. The molecular formula is C33H32F3N5O5. The predicted octanol–water partition coefficient (Wildman–Crippen LogP) is 5.68. The molecule has 0 radical (unpaired) electrons. The van der Waals surface area contributed by atoms with Crippen molar-refractivity contribution in [3.8, 4) is 22.5 Å².